The number of rotatable bonds is 6. The monoisotopic (exact) mass is 498 g/mol. The number of aromatic nitrogens is 3. The van der Waals surface area contributed by atoms with Gasteiger partial charge < -0.3 is 10.1 Å². The first-order chi connectivity index (χ1) is 16.7. The van der Waals surface area contributed by atoms with Crippen LogP contribution >= 0.6 is 11.6 Å². The van der Waals surface area contributed by atoms with E-state index in [0.717, 1.165) is 34.1 Å². The minimum Gasteiger partial charge on any atom is -0.404 e. The molecule has 35 heavy (non-hydrogen) atoms. The molecule has 0 aliphatic heterocycles. The van der Waals surface area contributed by atoms with Crippen LogP contribution in [-0.2, 0) is 6.42 Å². The number of amides is 1. The van der Waals surface area contributed by atoms with Crippen molar-refractivity contribution in [3.63, 3.8) is 0 Å². The Kier molecular flexibility index (Phi) is 6.97. The second-order valence-electron chi connectivity index (χ2n) is 7.56. The smallest absolute Gasteiger partial charge is 0.404 e. The van der Waals surface area contributed by atoms with E-state index in [1.54, 1.807) is 30.6 Å². The molecular weight excluding hydrogens is 481 g/mol. The van der Waals surface area contributed by atoms with Gasteiger partial charge in [-0.1, -0.05) is 17.7 Å². The van der Waals surface area contributed by atoms with E-state index in [4.69, 9.17) is 11.6 Å². The summed E-state index contributed by atoms with van der Waals surface area (Å²) < 4.78 is 41.2. The van der Waals surface area contributed by atoms with Gasteiger partial charge in [0.25, 0.3) is 5.91 Å². The lowest BCUT2D eigenvalue weighted by molar-refractivity contribution is -0.274. The largest absolute Gasteiger partial charge is 0.573 e. The highest BCUT2D eigenvalue weighted by molar-refractivity contribution is 6.32. The number of ether oxygens (including phenoxy) is 1. The lowest BCUT2D eigenvalue weighted by atomic mass is 9.97. The van der Waals surface area contributed by atoms with Crippen LogP contribution in [0.1, 0.15) is 27.2 Å². The Labute approximate surface area is 203 Å². The number of carbonyl (C=O) groups excluding carboxylic acids is 1. The molecule has 0 saturated heterocycles. The van der Waals surface area contributed by atoms with Crippen LogP contribution in [0.4, 0.5) is 18.9 Å². The van der Waals surface area contributed by atoms with E-state index in [0.29, 0.717) is 12.0 Å². The number of hydrogen-bond acceptors (Lipinski definition) is 5. The zero-order valence-corrected chi connectivity index (χ0v) is 19.1. The predicted molar refractivity (Wildman–Crippen MR) is 125 cm³/mol. The van der Waals surface area contributed by atoms with Crippen molar-refractivity contribution in [3.8, 4) is 17.0 Å². The summed E-state index contributed by atoms with van der Waals surface area (Å²) in [5.41, 5.74) is 4.85. The van der Waals surface area contributed by atoms with Crippen LogP contribution in [0.2, 0.25) is 5.02 Å². The highest BCUT2D eigenvalue weighted by atomic mass is 35.5. The minimum absolute atomic E-state index is 0.229. The average molecular weight is 499 g/mol. The van der Waals surface area contributed by atoms with Gasteiger partial charge in [-0.2, -0.15) is 0 Å². The Bertz CT molecular complexity index is 1360. The van der Waals surface area contributed by atoms with Gasteiger partial charge in [-0.15, -0.1) is 13.2 Å². The number of nitrogens with one attached hydrogen (secondary N) is 1. The van der Waals surface area contributed by atoms with E-state index in [2.05, 4.69) is 25.0 Å². The van der Waals surface area contributed by atoms with Crippen LogP contribution in [0.3, 0.4) is 0 Å². The predicted octanol–water partition coefficient (Wildman–Crippen LogP) is 6.24. The lowest BCUT2D eigenvalue weighted by Gasteiger charge is -2.13. The number of alkyl halides is 3. The zero-order valence-electron chi connectivity index (χ0n) is 18.3. The maximum atomic E-state index is 12.8. The molecule has 0 fully saturated rings. The first-order valence-corrected chi connectivity index (χ1v) is 10.7. The van der Waals surface area contributed by atoms with Gasteiger partial charge in [-0.25, -0.2) is 9.97 Å². The Morgan fingerprint density at radius 2 is 1.89 bits per heavy atom. The second-order valence-corrected chi connectivity index (χ2v) is 7.96. The van der Waals surface area contributed by atoms with Gasteiger partial charge in [0.05, 0.1) is 16.4 Å². The van der Waals surface area contributed by atoms with Crippen molar-refractivity contribution >= 4 is 23.2 Å². The quantitative estimate of drug-likeness (QED) is 0.340. The third-order valence-electron chi connectivity index (χ3n) is 5.13. The van der Waals surface area contributed by atoms with Crippen LogP contribution < -0.4 is 10.1 Å². The molecule has 0 saturated carbocycles. The number of benzene rings is 2. The van der Waals surface area contributed by atoms with Crippen LogP contribution in [0.15, 0.2) is 73.3 Å². The third-order valence-corrected chi connectivity index (χ3v) is 5.43. The van der Waals surface area contributed by atoms with Crippen molar-refractivity contribution in [2.75, 3.05) is 5.32 Å². The van der Waals surface area contributed by atoms with Gasteiger partial charge in [0.1, 0.15) is 12.1 Å². The summed E-state index contributed by atoms with van der Waals surface area (Å²) in [6.07, 6.45) is 0.414. The Morgan fingerprint density at radius 1 is 1.06 bits per heavy atom. The molecule has 6 nitrogen and oxygen atoms in total. The number of anilines is 1. The van der Waals surface area contributed by atoms with E-state index >= 15 is 0 Å². The first-order valence-electron chi connectivity index (χ1n) is 10.4. The Morgan fingerprint density at radius 3 is 2.60 bits per heavy atom. The molecule has 1 amide bonds. The van der Waals surface area contributed by atoms with Crippen molar-refractivity contribution in [1.82, 2.24) is 15.0 Å². The fourth-order valence-corrected chi connectivity index (χ4v) is 3.65. The molecule has 2 heterocycles. The molecule has 0 atom stereocenters. The average Bonchev–Trinajstić information content (AvgIpc) is 2.82. The summed E-state index contributed by atoms with van der Waals surface area (Å²) in [5, 5.41) is 2.36. The second kappa shape index (κ2) is 10.1. The zero-order chi connectivity index (χ0) is 25.0. The molecule has 0 aliphatic rings. The molecule has 0 bridgehead atoms. The molecule has 0 spiro atoms. The van der Waals surface area contributed by atoms with Crippen LogP contribution in [-0.4, -0.2) is 27.2 Å². The maximum absolute atomic E-state index is 12.8. The van der Waals surface area contributed by atoms with Crippen molar-refractivity contribution in [2.45, 2.75) is 19.7 Å². The fourth-order valence-electron chi connectivity index (χ4n) is 3.43. The SMILES string of the molecule is Cc1ccc(C(=O)Nc2ccc(OC(F)(F)F)c(Cl)c2)cc1Cc1ncccc1-c1ccncn1. The first kappa shape index (κ1) is 24.2. The van der Waals surface area contributed by atoms with Gasteiger partial charge in [0.15, 0.2) is 0 Å². The lowest BCUT2D eigenvalue weighted by Crippen LogP contribution is -2.17. The summed E-state index contributed by atoms with van der Waals surface area (Å²) in [7, 11) is 0. The number of halogens is 4. The van der Waals surface area contributed by atoms with E-state index < -0.39 is 18.0 Å². The van der Waals surface area contributed by atoms with Crippen molar-refractivity contribution < 1.29 is 22.7 Å². The van der Waals surface area contributed by atoms with Gasteiger partial charge in [0.2, 0.25) is 0 Å². The van der Waals surface area contributed by atoms with Gasteiger partial charge in [-0.05, 0) is 66.6 Å². The number of carbonyl (C=O) groups is 1. The summed E-state index contributed by atoms with van der Waals surface area (Å²) in [6.45, 7) is 1.93. The van der Waals surface area contributed by atoms with E-state index in [1.807, 2.05) is 25.1 Å². The van der Waals surface area contributed by atoms with Crippen LogP contribution in [0.5, 0.6) is 5.75 Å². The number of nitrogens with zero attached hydrogens (tertiary/aromatic N) is 3. The molecule has 10 heteroatoms. The molecule has 4 aromatic rings. The van der Waals surface area contributed by atoms with Gasteiger partial charge >= 0.3 is 6.36 Å². The molecule has 1 N–H and O–H groups in total. The summed E-state index contributed by atoms with van der Waals surface area (Å²) >= 11 is 5.87. The Hall–Kier alpha value is -3.98. The van der Waals surface area contributed by atoms with E-state index in [-0.39, 0.29) is 10.7 Å². The number of hydrogen-bond donors (Lipinski definition) is 1. The van der Waals surface area contributed by atoms with Gasteiger partial charge in [-0.3, -0.25) is 9.78 Å². The van der Waals surface area contributed by atoms with Crippen LogP contribution in [0, 0.1) is 6.92 Å². The number of aryl methyl sites for hydroxylation is 1. The fraction of sp³-hybridized carbons (Fsp3) is 0.120. The molecule has 0 aliphatic carbocycles. The topological polar surface area (TPSA) is 77.0 Å². The molecular formula is C25H18ClF3N4O2. The Balaban J connectivity index is 1.55. The molecule has 2 aromatic carbocycles. The van der Waals surface area contributed by atoms with Gasteiger partial charge in [0, 0.05) is 35.6 Å². The molecule has 178 valence electrons. The summed E-state index contributed by atoms with van der Waals surface area (Å²) in [5.74, 6) is -0.992. The highest BCUT2D eigenvalue weighted by Gasteiger charge is 2.32. The molecule has 4 rings (SSSR count). The summed E-state index contributed by atoms with van der Waals surface area (Å²) in [6, 6.07) is 14.3. The molecule has 2 aromatic heterocycles. The molecule has 0 unspecified atom stereocenters. The van der Waals surface area contributed by atoms with Crippen molar-refractivity contribution in [2.24, 2.45) is 0 Å². The van der Waals surface area contributed by atoms with Crippen LogP contribution in [0.25, 0.3) is 11.3 Å². The van der Waals surface area contributed by atoms with Crippen molar-refractivity contribution in [3.05, 3.63) is 101 Å². The van der Waals surface area contributed by atoms with E-state index in [1.165, 1.54) is 18.5 Å². The maximum Gasteiger partial charge on any atom is 0.573 e. The standard InChI is InChI=1S/C25H18ClF3N4O2/c1-15-4-5-16(24(34)33-18-6-7-23(20(26)13-18)35-25(27,28)29)11-17(15)12-22-19(3-2-9-31-22)21-8-10-30-14-32-21/h2-11,13-14H,12H2,1H3,(H,33,34). The normalized spacial score (nSPS) is 11.2. The van der Waals surface area contributed by atoms with E-state index in [9.17, 15) is 18.0 Å². The number of pyridine rings is 1. The molecule has 0 radical (unpaired) electrons. The third kappa shape index (κ3) is 6.13. The van der Waals surface area contributed by atoms with Crippen molar-refractivity contribution in [1.29, 1.82) is 0 Å². The highest BCUT2D eigenvalue weighted by Crippen LogP contribution is 2.32. The summed E-state index contributed by atoms with van der Waals surface area (Å²) in [4.78, 5) is 25.6. The minimum atomic E-state index is -4.87.